The molecule has 116 valence electrons. The summed E-state index contributed by atoms with van der Waals surface area (Å²) in [4.78, 5) is 11.6. The molecule has 1 N–H and O–H groups in total. The molecule has 0 radical (unpaired) electrons. The van der Waals surface area contributed by atoms with Gasteiger partial charge in [-0.15, -0.1) is 6.58 Å². The van der Waals surface area contributed by atoms with Crippen molar-refractivity contribution in [2.24, 2.45) is 5.92 Å². The number of sulfone groups is 1. The van der Waals surface area contributed by atoms with Gasteiger partial charge in [0.15, 0.2) is 9.84 Å². The lowest BCUT2D eigenvalue weighted by molar-refractivity contribution is -0.113. The van der Waals surface area contributed by atoms with Crippen molar-refractivity contribution >= 4 is 21.4 Å². The SMILES string of the molecule is C=CCS(=O)(=O)CC(=O)Nc1ccc(OCC(C)C)cc1. The molecule has 0 aliphatic rings. The van der Waals surface area contributed by atoms with Crippen LogP contribution in [0, 0.1) is 5.92 Å². The van der Waals surface area contributed by atoms with E-state index in [1.807, 2.05) is 0 Å². The number of amides is 1. The summed E-state index contributed by atoms with van der Waals surface area (Å²) in [6.07, 6.45) is 1.27. The molecule has 0 fully saturated rings. The van der Waals surface area contributed by atoms with Crippen LogP contribution in [0.2, 0.25) is 0 Å². The maximum atomic E-state index is 11.6. The molecule has 1 rings (SSSR count). The average molecular weight is 311 g/mol. The Morgan fingerprint density at radius 1 is 1.33 bits per heavy atom. The molecule has 21 heavy (non-hydrogen) atoms. The van der Waals surface area contributed by atoms with Gasteiger partial charge in [-0.25, -0.2) is 8.42 Å². The number of hydrogen-bond donors (Lipinski definition) is 1. The fourth-order valence-electron chi connectivity index (χ4n) is 1.53. The molecule has 0 saturated heterocycles. The van der Waals surface area contributed by atoms with Gasteiger partial charge in [0.05, 0.1) is 12.4 Å². The van der Waals surface area contributed by atoms with Crippen molar-refractivity contribution in [1.29, 1.82) is 0 Å². The highest BCUT2D eigenvalue weighted by molar-refractivity contribution is 7.92. The average Bonchev–Trinajstić information content (AvgIpc) is 2.36. The molecule has 0 unspecified atom stereocenters. The van der Waals surface area contributed by atoms with Crippen LogP contribution in [0.1, 0.15) is 13.8 Å². The van der Waals surface area contributed by atoms with E-state index in [9.17, 15) is 13.2 Å². The zero-order valence-corrected chi connectivity index (χ0v) is 13.2. The highest BCUT2D eigenvalue weighted by Crippen LogP contribution is 2.16. The zero-order valence-electron chi connectivity index (χ0n) is 12.3. The number of carbonyl (C=O) groups is 1. The van der Waals surface area contributed by atoms with Gasteiger partial charge in [-0.05, 0) is 30.2 Å². The summed E-state index contributed by atoms with van der Waals surface area (Å²) in [6, 6.07) is 6.81. The van der Waals surface area contributed by atoms with Gasteiger partial charge in [-0.3, -0.25) is 4.79 Å². The Morgan fingerprint density at radius 3 is 2.48 bits per heavy atom. The molecule has 0 aliphatic heterocycles. The Balaban J connectivity index is 2.55. The molecule has 1 aromatic rings. The van der Waals surface area contributed by atoms with Gasteiger partial charge in [0.1, 0.15) is 11.5 Å². The lowest BCUT2D eigenvalue weighted by atomic mass is 10.2. The van der Waals surface area contributed by atoms with Gasteiger partial charge < -0.3 is 10.1 Å². The largest absolute Gasteiger partial charge is 0.493 e. The minimum atomic E-state index is -3.43. The van der Waals surface area contributed by atoms with E-state index in [0.29, 0.717) is 24.0 Å². The second-order valence-corrected chi connectivity index (χ2v) is 7.23. The summed E-state index contributed by atoms with van der Waals surface area (Å²) in [7, 11) is -3.43. The number of ether oxygens (including phenoxy) is 1. The van der Waals surface area contributed by atoms with Gasteiger partial charge >= 0.3 is 0 Å². The molecule has 0 atom stereocenters. The Labute approximate surface area is 125 Å². The minimum Gasteiger partial charge on any atom is -0.493 e. The highest BCUT2D eigenvalue weighted by Gasteiger charge is 2.15. The van der Waals surface area contributed by atoms with Crippen LogP contribution in [0.25, 0.3) is 0 Å². The zero-order chi connectivity index (χ0) is 15.9. The summed E-state index contributed by atoms with van der Waals surface area (Å²) in [6.45, 7) is 8.08. The molecule has 0 heterocycles. The maximum absolute atomic E-state index is 11.6. The molecule has 0 aromatic heterocycles. The van der Waals surface area contributed by atoms with Crippen LogP contribution in [0.5, 0.6) is 5.75 Å². The van der Waals surface area contributed by atoms with Crippen molar-refractivity contribution < 1.29 is 17.9 Å². The summed E-state index contributed by atoms with van der Waals surface area (Å²) in [5.41, 5.74) is 0.533. The van der Waals surface area contributed by atoms with Crippen molar-refractivity contribution in [2.45, 2.75) is 13.8 Å². The molecule has 1 aromatic carbocycles. The van der Waals surface area contributed by atoms with Crippen LogP contribution in [0.3, 0.4) is 0 Å². The molecule has 5 nitrogen and oxygen atoms in total. The maximum Gasteiger partial charge on any atom is 0.239 e. The number of benzene rings is 1. The summed E-state index contributed by atoms with van der Waals surface area (Å²) >= 11 is 0. The quantitative estimate of drug-likeness (QED) is 0.747. The Morgan fingerprint density at radius 2 is 1.95 bits per heavy atom. The van der Waals surface area contributed by atoms with Crippen molar-refractivity contribution in [3.8, 4) is 5.75 Å². The van der Waals surface area contributed by atoms with E-state index in [4.69, 9.17) is 4.74 Å². The molecular formula is C15H21NO4S. The lowest BCUT2D eigenvalue weighted by Gasteiger charge is -2.10. The smallest absolute Gasteiger partial charge is 0.239 e. The monoisotopic (exact) mass is 311 g/mol. The third kappa shape index (κ3) is 6.94. The van der Waals surface area contributed by atoms with Crippen LogP contribution in [0.15, 0.2) is 36.9 Å². The molecular weight excluding hydrogens is 290 g/mol. The van der Waals surface area contributed by atoms with Gasteiger partial charge in [0.2, 0.25) is 5.91 Å². The normalized spacial score (nSPS) is 11.2. The van der Waals surface area contributed by atoms with Gasteiger partial charge in [-0.2, -0.15) is 0 Å². The number of hydrogen-bond acceptors (Lipinski definition) is 4. The van der Waals surface area contributed by atoms with Crippen LogP contribution in [0.4, 0.5) is 5.69 Å². The van der Waals surface area contributed by atoms with E-state index in [2.05, 4.69) is 25.7 Å². The number of rotatable bonds is 8. The van der Waals surface area contributed by atoms with E-state index >= 15 is 0 Å². The molecule has 1 amide bonds. The third-order valence-electron chi connectivity index (χ3n) is 2.44. The van der Waals surface area contributed by atoms with Crippen LogP contribution in [-0.4, -0.2) is 32.4 Å². The first kappa shape index (κ1) is 17.2. The Bertz CT molecular complexity index is 576. The minimum absolute atomic E-state index is 0.206. The molecule has 0 saturated carbocycles. The second kappa shape index (κ2) is 7.83. The van der Waals surface area contributed by atoms with E-state index < -0.39 is 21.5 Å². The van der Waals surface area contributed by atoms with Crippen molar-refractivity contribution in [3.63, 3.8) is 0 Å². The topological polar surface area (TPSA) is 72.5 Å². The third-order valence-corrected chi connectivity index (χ3v) is 3.89. The van der Waals surface area contributed by atoms with E-state index in [1.54, 1.807) is 24.3 Å². The van der Waals surface area contributed by atoms with Crippen LogP contribution < -0.4 is 10.1 Å². The van der Waals surface area contributed by atoms with Crippen LogP contribution >= 0.6 is 0 Å². The van der Waals surface area contributed by atoms with Gasteiger partial charge in [0, 0.05) is 5.69 Å². The Kier molecular flexibility index (Phi) is 6.42. The van der Waals surface area contributed by atoms with E-state index in [-0.39, 0.29) is 5.75 Å². The van der Waals surface area contributed by atoms with Gasteiger partial charge in [-0.1, -0.05) is 19.9 Å². The predicted octanol–water partition coefficient (Wildman–Crippen LogP) is 2.26. The summed E-state index contributed by atoms with van der Waals surface area (Å²) in [5, 5.41) is 2.54. The van der Waals surface area contributed by atoms with Crippen molar-refractivity contribution in [2.75, 3.05) is 23.4 Å². The molecule has 0 bridgehead atoms. The number of nitrogens with one attached hydrogen (secondary N) is 1. The fourth-order valence-corrected chi connectivity index (χ4v) is 2.48. The fraction of sp³-hybridized carbons (Fsp3) is 0.400. The molecule has 6 heteroatoms. The first-order valence-electron chi connectivity index (χ1n) is 6.66. The standard InChI is InChI=1S/C15H21NO4S/c1-4-9-21(18,19)11-15(17)16-13-5-7-14(8-6-13)20-10-12(2)3/h4-8,12H,1,9-11H2,2-3H3,(H,16,17). The number of carbonyl (C=O) groups excluding carboxylic acids is 1. The first-order chi connectivity index (χ1) is 9.82. The van der Waals surface area contributed by atoms with Crippen molar-refractivity contribution in [3.05, 3.63) is 36.9 Å². The predicted molar refractivity (Wildman–Crippen MR) is 84.3 cm³/mol. The van der Waals surface area contributed by atoms with Crippen molar-refractivity contribution in [1.82, 2.24) is 0 Å². The van der Waals surface area contributed by atoms with Gasteiger partial charge in [0.25, 0.3) is 0 Å². The first-order valence-corrected chi connectivity index (χ1v) is 8.48. The highest BCUT2D eigenvalue weighted by atomic mass is 32.2. The van der Waals surface area contributed by atoms with E-state index in [0.717, 1.165) is 0 Å². The summed E-state index contributed by atoms with van der Waals surface area (Å²) in [5.74, 6) is -0.180. The Hall–Kier alpha value is -1.82. The molecule has 0 spiro atoms. The summed E-state index contributed by atoms with van der Waals surface area (Å²) < 4.78 is 28.5. The lowest BCUT2D eigenvalue weighted by Crippen LogP contribution is -2.24. The van der Waals surface area contributed by atoms with E-state index in [1.165, 1.54) is 6.08 Å². The molecule has 0 aliphatic carbocycles. The van der Waals surface area contributed by atoms with Crippen LogP contribution in [-0.2, 0) is 14.6 Å². The number of anilines is 1. The second-order valence-electron chi connectivity index (χ2n) is 5.12.